The second-order valence-electron chi connectivity index (χ2n) is 6.73. The van der Waals surface area contributed by atoms with Crippen molar-refractivity contribution in [2.45, 2.75) is 12.8 Å². The van der Waals surface area contributed by atoms with Crippen LogP contribution in [0.15, 0.2) is 48.9 Å². The highest BCUT2D eigenvalue weighted by molar-refractivity contribution is 5.99. The SMILES string of the molecule is COc1cccc(OC[C@@H]2CCCN(C(=O)c3cccn4cnnc34)C2)c1. The highest BCUT2D eigenvalue weighted by Gasteiger charge is 2.26. The van der Waals surface area contributed by atoms with Crippen molar-refractivity contribution >= 4 is 11.6 Å². The average molecular weight is 366 g/mol. The van der Waals surface area contributed by atoms with Gasteiger partial charge in [0.1, 0.15) is 17.8 Å². The van der Waals surface area contributed by atoms with Crippen molar-refractivity contribution in [2.75, 3.05) is 26.8 Å². The lowest BCUT2D eigenvalue weighted by molar-refractivity contribution is 0.0634. The minimum absolute atomic E-state index is 0.000296. The van der Waals surface area contributed by atoms with Crippen LogP contribution in [0, 0.1) is 5.92 Å². The second kappa shape index (κ2) is 7.65. The first-order valence-corrected chi connectivity index (χ1v) is 9.09. The Morgan fingerprint density at radius 2 is 2.15 bits per heavy atom. The fourth-order valence-corrected chi connectivity index (χ4v) is 3.48. The zero-order chi connectivity index (χ0) is 18.6. The first-order valence-electron chi connectivity index (χ1n) is 9.09. The Balaban J connectivity index is 1.41. The number of likely N-dealkylation sites (tertiary alicyclic amines) is 1. The summed E-state index contributed by atoms with van der Waals surface area (Å²) in [5.41, 5.74) is 1.18. The van der Waals surface area contributed by atoms with Crippen LogP contribution in [0.1, 0.15) is 23.2 Å². The van der Waals surface area contributed by atoms with Crippen LogP contribution in [-0.2, 0) is 0 Å². The number of piperidine rings is 1. The van der Waals surface area contributed by atoms with Crippen LogP contribution in [0.5, 0.6) is 11.5 Å². The monoisotopic (exact) mass is 366 g/mol. The van der Waals surface area contributed by atoms with Gasteiger partial charge in [0.25, 0.3) is 5.91 Å². The number of nitrogens with zero attached hydrogens (tertiary/aromatic N) is 4. The van der Waals surface area contributed by atoms with Crippen molar-refractivity contribution in [3.05, 3.63) is 54.5 Å². The van der Waals surface area contributed by atoms with Gasteiger partial charge in [-0.3, -0.25) is 9.20 Å². The maximum atomic E-state index is 13.0. The molecule has 7 heteroatoms. The van der Waals surface area contributed by atoms with Crippen LogP contribution in [0.3, 0.4) is 0 Å². The van der Waals surface area contributed by atoms with Gasteiger partial charge in [-0.05, 0) is 37.1 Å². The van der Waals surface area contributed by atoms with Crippen LogP contribution < -0.4 is 9.47 Å². The lowest BCUT2D eigenvalue weighted by Crippen LogP contribution is -2.41. The lowest BCUT2D eigenvalue weighted by Gasteiger charge is -2.32. The molecule has 0 unspecified atom stereocenters. The molecule has 2 aromatic heterocycles. The molecular weight excluding hydrogens is 344 g/mol. The molecule has 4 rings (SSSR count). The molecule has 0 spiro atoms. The lowest BCUT2D eigenvalue weighted by atomic mass is 9.98. The predicted octanol–water partition coefficient (Wildman–Crippen LogP) is 2.67. The van der Waals surface area contributed by atoms with Crippen molar-refractivity contribution in [1.82, 2.24) is 19.5 Å². The number of fused-ring (bicyclic) bond motifs is 1. The van der Waals surface area contributed by atoms with E-state index in [9.17, 15) is 4.79 Å². The molecule has 1 amide bonds. The van der Waals surface area contributed by atoms with E-state index in [4.69, 9.17) is 9.47 Å². The third-order valence-electron chi connectivity index (χ3n) is 4.89. The van der Waals surface area contributed by atoms with E-state index in [2.05, 4.69) is 10.2 Å². The van der Waals surface area contributed by atoms with Crippen molar-refractivity contribution < 1.29 is 14.3 Å². The molecule has 1 saturated heterocycles. The molecule has 3 heterocycles. The molecule has 1 fully saturated rings. The van der Waals surface area contributed by atoms with Gasteiger partial charge >= 0.3 is 0 Å². The Bertz CT molecular complexity index is 940. The maximum Gasteiger partial charge on any atom is 0.257 e. The first kappa shape index (κ1) is 17.3. The summed E-state index contributed by atoms with van der Waals surface area (Å²) in [7, 11) is 1.64. The quantitative estimate of drug-likeness (QED) is 0.694. The number of pyridine rings is 1. The molecular formula is C20H22N4O3. The van der Waals surface area contributed by atoms with E-state index in [-0.39, 0.29) is 5.91 Å². The van der Waals surface area contributed by atoms with Gasteiger partial charge in [-0.15, -0.1) is 10.2 Å². The Kier molecular flexibility index (Phi) is 4.91. The molecule has 7 nitrogen and oxygen atoms in total. The number of hydrogen-bond donors (Lipinski definition) is 0. The standard InChI is InChI=1S/C20H22N4O3/c1-26-16-6-2-7-17(11-16)27-13-15-5-3-9-23(12-15)20(25)18-8-4-10-24-14-21-22-19(18)24/h2,4,6-8,10-11,14-15H,3,5,9,12-13H2,1H3/t15-/m1/s1. The van der Waals surface area contributed by atoms with E-state index in [0.717, 1.165) is 30.9 Å². The van der Waals surface area contributed by atoms with E-state index in [0.29, 0.717) is 30.3 Å². The largest absolute Gasteiger partial charge is 0.497 e. The van der Waals surface area contributed by atoms with Gasteiger partial charge in [0.2, 0.25) is 0 Å². The summed E-state index contributed by atoms with van der Waals surface area (Å²) in [4.78, 5) is 14.9. The maximum absolute atomic E-state index is 13.0. The average Bonchev–Trinajstić information content (AvgIpc) is 3.21. The predicted molar refractivity (Wildman–Crippen MR) is 100 cm³/mol. The van der Waals surface area contributed by atoms with Crippen molar-refractivity contribution in [1.29, 1.82) is 0 Å². The zero-order valence-corrected chi connectivity index (χ0v) is 15.2. The summed E-state index contributed by atoms with van der Waals surface area (Å²) in [5.74, 6) is 1.85. The summed E-state index contributed by atoms with van der Waals surface area (Å²) in [5, 5.41) is 7.97. The summed E-state index contributed by atoms with van der Waals surface area (Å²) in [6.45, 7) is 2.01. The normalized spacial score (nSPS) is 17.1. The Hall–Kier alpha value is -3.09. The van der Waals surface area contributed by atoms with E-state index < -0.39 is 0 Å². The molecule has 0 bridgehead atoms. The third-order valence-corrected chi connectivity index (χ3v) is 4.89. The smallest absolute Gasteiger partial charge is 0.257 e. The minimum atomic E-state index is -0.000296. The number of aromatic nitrogens is 3. The molecule has 1 atom stereocenters. The van der Waals surface area contributed by atoms with Gasteiger partial charge in [-0.25, -0.2) is 0 Å². The topological polar surface area (TPSA) is 69.0 Å². The van der Waals surface area contributed by atoms with E-state index in [1.165, 1.54) is 0 Å². The Labute approximate surface area is 157 Å². The fourth-order valence-electron chi connectivity index (χ4n) is 3.48. The van der Waals surface area contributed by atoms with Crippen LogP contribution in [0.2, 0.25) is 0 Å². The molecule has 1 aliphatic heterocycles. The van der Waals surface area contributed by atoms with E-state index in [1.807, 2.05) is 47.5 Å². The third kappa shape index (κ3) is 3.72. The fraction of sp³-hybridized carbons (Fsp3) is 0.350. The second-order valence-corrected chi connectivity index (χ2v) is 6.73. The van der Waals surface area contributed by atoms with E-state index in [1.54, 1.807) is 17.8 Å². The summed E-state index contributed by atoms with van der Waals surface area (Å²) in [6.07, 6.45) is 5.46. The number of hydrogen-bond acceptors (Lipinski definition) is 5. The van der Waals surface area contributed by atoms with Gasteiger partial charge in [-0.2, -0.15) is 0 Å². The van der Waals surface area contributed by atoms with Gasteiger partial charge in [0.15, 0.2) is 5.65 Å². The highest BCUT2D eigenvalue weighted by Crippen LogP contribution is 2.23. The number of ether oxygens (including phenoxy) is 2. The number of carbonyl (C=O) groups excluding carboxylic acids is 1. The zero-order valence-electron chi connectivity index (χ0n) is 15.2. The van der Waals surface area contributed by atoms with E-state index >= 15 is 0 Å². The molecule has 3 aromatic rings. The van der Waals surface area contributed by atoms with Gasteiger partial charge in [-0.1, -0.05) is 6.07 Å². The molecule has 0 radical (unpaired) electrons. The number of amides is 1. The molecule has 1 aliphatic rings. The van der Waals surface area contributed by atoms with Gasteiger partial charge in [0.05, 0.1) is 19.3 Å². The van der Waals surface area contributed by atoms with Gasteiger partial charge < -0.3 is 14.4 Å². The number of rotatable bonds is 5. The summed E-state index contributed by atoms with van der Waals surface area (Å²) >= 11 is 0. The molecule has 27 heavy (non-hydrogen) atoms. The van der Waals surface area contributed by atoms with Crippen LogP contribution >= 0.6 is 0 Å². The number of carbonyl (C=O) groups is 1. The van der Waals surface area contributed by atoms with Crippen molar-refractivity contribution in [3.8, 4) is 11.5 Å². The number of benzene rings is 1. The van der Waals surface area contributed by atoms with Gasteiger partial charge in [0, 0.05) is 31.3 Å². The molecule has 0 aliphatic carbocycles. The highest BCUT2D eigenvalue weighted by atomic mass is 16.5. The van der Waals surface area contributed by atoms with Crippen molar-refractivity contribution in [3.63, 3.8) is 0 Å². The molecule has 0 saturated carbocycles. The molecule has 1 aromatic carbocycles. The van der Waals surface area contributed by atoms with Crippen LogP contribution in [0.25, 0.3) is 5.65 Å². The number of methoxy groups -OCH3 is 1. The molecule has 140 valence electrons. The first-order chi connectivity index (χ1) is 13.2. The van der Waals surface area contributed by atoms with Crippen LogP contribution in [0.4, 0.5) is 0 Å². The van der Waals surface area contributed by atoms with Crippen molar-refractivity contribution in [2.24, 2.45) is 5.92 Å². The Morgan fingerprint density at radius 3 is 3.04 bits per heavy atom. The van der Waals surface area contributed by atoms with Crippen LogP contribution in [-0.4, -0.2) is 52.2 Å². The Morgan fingerprint density at radius 1 is 1.26 bits per heavy atom. The summed E-state index contributed by atoms with van der Waals surface area (Å²) < 4.78 is 12.9. The summed E-state index contributed by atoms with van der Waals surface area (Å²) in [6, 6.07) is 11.2. The molecule has 0 N–H and O–H groups in total. The minimum Gasteiger partial charge on any atom is -0.497 e.